The first-order valence-corrected chi connectivity index (χ1v) is 7.03. The van der Waals surface area contributed by atoms with Gasteiger partial charge in [0.25, 0.3) is 0 Å². The molecule has 2 atom stereocenters. The van der Waals surface area contributed by atoms with Gasteiger partial charge in [-0.15, -0.1) is 11.3 Å². The maximum atomic E-state index is 9.93. The Hall–Kier alpha value is -0.650. The van der Waals surface area contributed by atoms with Gasteiger partial charge in [0.15, 0.2) is 5.13 Å². The summed E-state index contributed by atoms with van der Waals surface area (Å²) in [6.45, 7) is 1.83. The van der Waals surface area contributed by atoms with Crippen LogP contribution in [0.1, 0.15) is 30.6 Å². The quantitative estimate of drug-likeness (QED) is 0.860. The molecule has 0 saturated heterocycles. The molecule has 1 aliphatic carbocycles. The van der Waals surface area contributed by atoms with Crippen LogP contribution >= 0.6 is 11.3 Å². The third-order valence-corrected chi connectivity index (χ3v) is 4.22. The minimum absolute atomic E-state index is 0.113. The van der Waals surface area contributed by atoms with Crippen LogP contribution in [-0.2, 0) is 6.54 Å². The van der Waals surface area contributed by atoms with Crippen molar-refractivity contribution in [3.8, 4) is 0 Å². The maximum Gasteiger partial charge on any atom is 0.180 e. The van der Waals surface area contributed by atoms with E-state index in [0.717, 1.165) is 25.9 Å². The van der Waals surface area contributed by atoms with E-state index in [2.05, 4.69) is 16.9 Å². The Labute approximate surface area is 106 Å². The van der Waals surface area contributed by atoms with E-state index in [1.807, 2.05) is 6.20 Å². The highest BCUT2D eigenvalue weighted by Crippen LogP contribution is 2.25. The molecule has 1 heterocycles. The molecule has 4 nitrogen and oxygen atoms in total. The molecule has 1 aromatic rings. The lowest BCUT2D eigenvalue weighted by atomic mass is 9.86. The van der Waals surface area contributed by atoms with Gasteiger partial charge in [0.1, 0.15) is 0 Å². The Balaban J connectivity index is 1.82. The SMILES string of the molecule is CN(Cc1cnc(N)s1)CC1CCCCC1O. The Kier molecular flexibility index (Phi) is 4.36. The number of thiazole rings is 1. The first-order chi connectivity index (χ1) is 8.15. The van der Waals surface area contributed by atoms with Crippen LogP contribution in [0.4, 0.5) is 5.13 Å². The average molecular weight is 255 g/mol. The van der Waals surface area contributed by atoms with Crippen molar-refractivity contribution in [2.24, 2.45) is 5.92 Å². The van der Waals surface area contributed by atoms with Crippen LogP contribution in [-0.4, -0.2) is 34.7 Å². The Morgan fingerprint density at radius 3 is 2.94 bits per heavy atom. The lowest BCUT2D eigenvalue weighted by Gasteiger charge is -2.30. The minimum atomic E-state index is -0.113. The highest BCUT2D eigenvalue weighted by Gasteiger charge is 2.24. The molecule has 1 aliphatic rings. The highest BCUT2D eigenvalue weighted by molar-refractivity contribution is 7.15. The zero-order valence-corrected chi connectivity index (χ0v) is 11.1. The number of aliphatic hydroxyl groups excluding tert-OH is 1. The summed E-state index contributed by atoms with van der Waals surface area (Å²) < 4.78 is 0. The van der Waals surface area contributed by atoms with Gasteiger partial charge in [0, 0.05) is 24.2 Å². The number of nitrogens with two attached hydrogens (primary N) is 1. The smallest absolute Gasteiger partial charge is 0.180 e. The van der Waals surface area contributed by atoms with Crippen molar-refractivity contribution < 1.29 is 5.11 Å². The number of aromatic nitrogens is 1. The molecule has 0 spiro atoms. The second kappa shape index (κ2) is 5.80. The van der Waals surface area contributed by atoms with E-state index in [1.165, 1.54) is 17.7 Å². The van der Waals surface area contributed by atoms with Crippen molar-refractivity contribution >= 4 is 16.5 Å². The molecule has 0 radical (unpaired) electrons. The van der Waals surface area contributed by atoms with Crippen molar-refractivity contribution in [1.29, 1.82) is 0 Å². The van der Waals surface area contributed by atoms with E-state index >= 15 is 0 Å². The number of hydrogen-bond donors (Lipinski definition) is 2. The summed E-state index contributed by atoms with van der Waals surface area (Å²) in [5.41, 5.74) is 5.61. The molecule has 0 aromatic carbocycles. The van der Waals surface area contributed by atoms with Gasteiger partial charge in [-0.2, -0.15) is 0 Å². The van der Waals surface area contributed by atoms with Crippen molar-refractivity contribution in [2.45, 2.75) is 38.3 Å². The highest BCUT2D eigenvalue weighted by atomic mass is 32.1. The molecule has 1 saturated carbocycles. The number of anilines is 1. The van der Waals surface area contributed by atoms with Crippen molar-refractivity contribution in [2.75, 3.05) is 19.3 Å². The molecule has 0 bridgehead atoms. The number of nitrogens with zero attached hydrogens (tertiary/aromatic N) is 2. The summed E-state index contributed by atoms with van der Waals surface area (Å²) in [5, 5.41) is 10.6. The summed E-state index contributed by atoms with van der Waals surface area (Å²) in [7, 11) is 2.09. The van der Waals surface area contributed by atoms with Gasteiger partial charge in [-0.05, 0) is 25.8 Å². The van der Waals surface area contributed by atoms with Gasteiger partial charge < -0.3 is 15.7 Å². The zero-order chi connectivity index (χ0) is 12.3. The maximum absolute atomic E-state index is 9.93. The van der Waals surface area contributed by atoms with Crippen molar-refractivity contribution in [3.63, 3.8) is 0 Å². The summed E-state index contributed by atoms with van der Waals surface area (Å²) >= 11 is 1.54. The van der Waals surface area contributed by atoms with Crippen LogP contribution in [0, 0.1) is 5.92 Å². The number of nitrogen functional groups attached to an aromatic ring is 1. The topological polar surface area (TPSA) is 62.4 Å². The molecule has 17 heavy (non-hydrogen) atoms. The summed E-state index contributed by atoms with van der Waals surface area (Å²) in [6, 6.07) is 0. The zero-order valence-electron chi connectivity index (χ0n) is 10.3. The number of hydrogen-bond acceptors (Lipinski definition) is 5. The molecule has 2 unspecified atom stereocenters. The van der Waals surface area contributed by atoms with E-state index < -0.39 is 0 Å². The van der Waals surface area contributed by atoms with E-state index in [4.69, 9.17) is 5.73 Å². The van der Waals surface area contributed by atoms with Crippen LogP contribution in [0.2, 0.25) is 0 Å². The minimum Gasteiger partial charge on any atom is -0.393 e. The lowest BCUT2D eigenvalue weighted by molar-refractivity contribution is 0.0503. The lowest BCUT2D eigenvalue weighted by Crippen LogP contribution is -2.34. The molecule has 0 aliphatic heterocycles. The largest absolute Gasteiger partial charge is 0.393 e. The monoisotopic (exact) mass is 255 g/mol. The van der Waals surface area contributed by atoms with Crippen LogP contribution in [0.3, 0.4) is 0 Å². The summed E-state index contributed by atoms with van der Waals surface area (Å²) in [5.74, 6) is 0.430. The average Bonchev–Trinajstić information content (AvgIpc) is 2.67. The van der Waals surface area contributed by atoms with E-state index in [9.17, 15) is 5.11 Å². The fraction of sp³-hybridized carbons (Fsp3) is 0.750. The molecular weight excluding hydrogens is 234 g/mol. The van der Waals surface area contributed by atoms with Crippen LogP contribution < -0.4 is 5.73 Å². The van der Waals surface area contributed by atoms with Gasteiger partial charge in [-0.1, -0.05) is 12.8 Å². The molecule has 2 rings (SSSR count). The van der Waals surface area contributed by atoms with Gasteiger partial charge >= 0.3 is 0 Å². The Bertz CT molecular complexity index is 355. The number of rotatable bonds is 4. The van der Waals surface area contributed by atoms with Gasteiger partial charge in [-0.3, -0.25) is 0 Å². The molecule has 1 fully saturated rings. The molecular formula is C12H21N3OS. The van der Waals surface area contributed by atoms with E-state index in [1.54, 1.807) is 11.3 Å². The molecule has 96 valence electrons. The predicted molar refractivity (Wildman–Crippen MR) is 70.8 cm³/mol. The standard InChI is InChI=1S/C12H21N3OS/c1-15(8-10-6-14-12(13)17-10)7-9-4-2-3-5-11(9)16/h6,9,11,16H,2-5,7-8H2,1H3,(H2,13,14). The van der Waals surface area contributed by atoms with Crippen LogP contribution in [0.25, 0.3) is 0 Å². The van der Waals surface area contributed by atoms with Crippen LogP contribution in [0.5, 0.6) is 0 Å². The van der Waals surface area contributed by atoms with Gasteiger partial charge in [-0.25, -0.2) is 4.98 Å². The van der Waals surface area contributed by atoms with Crippen LogP contribution in [0.15, 0.2) is 6.20 Å². The molecule has 5 heteroatoms. The van der Waals surface area contributed by atoms with Crippen molar-refractivity contribution in [3.05, 3.63) is 11.1 Å². The Morgan fingerprint density at radius 1 is 1.53 bits per heavy atom. The fourth-order valence-electron chi connectivity index (χ4n) is 2.53. The molecule has 1 aromatic heterocycles. The van der Waals surface area contributed by atoms with E-state index in [-0.39, 0.29) is 6.10 Å². The normalized spacial score (nSPS) is 25.4. The number of aliphatic hydroxyl groups is 1. The molecule has 3 N–H and O–H groups in total. The van der Waals surface area contributed by atoms with Crippen molar-refractivity contribution in [1.82, 2.24) is 9.88 Å². The predicted octanol–water partition coefficient (Wildman–Crippen LogP) is 1.71. The van der Waals surface area contributed by atoms with E-state index in [0.29, 0.717) is 11.0 Å². The second-order valence-corrected chi connectivity index (χ2v) is 6.12. The van der Waals surface area contributed by atoms with Gasteiger partial charge in [0.05, 0.1) is 6.10 Å². The third-order valence-electron chi connectivity index (χ3n) is 3.41. The Morgan fingerprint density at radius 2 is 2.29 bits per heavy atom. The third kappa shape index (κ3) is 3.66. The molecule has 0 amide bonds. The second-order valence-electron chi connectivity index (χ2n) is 4.97. The first-order valence-electron chi connectivity index (χ1n) is 6.22. The summed E-state index contributed by atoms with van der Waals surface area (Å²) in [4.78, 5) is 7.50. The summed E-state index contributed by atoms with van der Waals surface area (Å²) in [6.07, 6.45) is 6.27. The van der Waals surface area contributed by atoms with Gasteiger partial charge in [0.2, 0.25) is 0 Å². The first kappa shape index (κ1) is 12.8. The fourth-order valence-corrected chi connectivity index (χ4v) is 3.29.